The molecular formula is C19H20N2O4. The first-order valence-electron chi connectivity index (χ1n) is 7.97. The largest absolute Gasteiger partial charge is 0.454 e. The van der Waals surface area contributed by atoms with Crippen molar-refractivity contribution in [2.75, 3.05) is 25.7 Å². The molecule has 0 aliphatic carbocycles. The van der Waals surface area contributed by atoms with Crippen molar-refractivity contribution in [2.24, 2.45) is 0 Å². The molecule has 2 aromatic rings. The van der Waals surface area contributed by atoms with E-state index in [1.807, 2.05) is 32.0 Å². The van der Waals surface area contributed by atoms with Gasteiger partial charge in [0.05, 0.1) is 6.54 Å². The van der Waals surface area contributed by atoms with Crippen molar-refractivity contribution in [1.82, 2.24) is 4.90 Å². The van der Waals surface area contributed by atoms with Gasteiger partial charge in [-0.05, 0) is 43.2 Å². The molecule has 0 spiro atoms. The van der Waals surface area contributed by atoms with E-state index in [0.29, 0.717) is 17.1 Å². The SMILES string of the molecule is Cc1cccc(C)c1NC(=O)CN(C)C(=O)c1ccc2c(c1)OCO2. The minimum absolute atomic E-state index is 0.0406. The average molecular weight is 340 g/mol. The second kappa shape index (κ2) is 6.84. The van der Waals surface area contributed by atoms with Crippen LogP contribution in [0.25, 0.3) is 0 Å². The number of likely N-dealkylation sites (N-methyl/N-ethyl adjacent to an activating group) is 1. The number of aryl methyl sites for hydroxylation is 2. The first kappa shape index (κ1) is 16.8. The third kappa shape index (κ3) is 3.57. The fourth-order valence-electron chi connectivity index (χ4n) is 2.73. The molecule has 6 nitrogen and oxygen atoms in total. The molecule has 3 rings (SSSR count). The van der Waals surface area contributed by atoms with Crippen LogP contribution in [0.4, 0.5) is 5.69 Å². The Hall–Kier alpha value is -3.02. The zero-order chi connectivity index (χ0) is 18.0. The highest BCUT2D eigenvalue weighted by Crippen LogP contribution is 2.32. The van der Waals surface area contributed by atoms with Crippen LogP contribution in [0.5, 0.6) is 11.5 Å². The molecule has 0 fully saturated rings. The summed E-state index contributed by atoms with van der Waals surface area (Å²) in [6.07, 6.45) is 0. The van der Waals surface area contributed by atoms with Crippen molar-refractivity contribution in [2.45, 2.75) is 13.8 Å². The molecule has 0 radical (unpaired) electrons. The van der Waals surface area contributed by atoms with E-state index >= 15 is 0 Å². The first-order chi connectivity index (χ1) is 12.0. The van der Waals surface area contributed by atoms with Gasteiger partial charge in [0.2, 0.25) is 12.7 Å². The Labute approximate surface area is 146 Å². The number of anilines is 1. The van der Waals surface area contributed by atoms with E-state index in [1.54, 1.807) is 25.2 Å². The van der Waals surface area contributed by atoms with Crippen LogP contribution < -0.4 is 14.8 Å². The number of nitrogens with one attached hydrogen (secondary N) is 1. The van der Waals surface area contributed by atoms with Crippen LogP contribution in [0.2, 0.25) is 0 Å². The molecule has 0 saturated heterocycles. The number of carbonyl (C=O) groups is 2. The van der Waals surface area contributed by atoms with Gasteiger partial charge in [-0.15, -0.1) is 0 Å². The molecule has 1 N–H and O–H groups in total. The number of ether oxygens (including phenoxy) is 2. The van der Waals surface area contributed by atoms with Crippen LogP contribution in [-0.4, -0.2) is 37.1 Å². The molecule has 0 saturated carbocycles. The maximum absolute atomic E-state index is 12.5. The molecule has 1 aliphatic heterocycles. The summed E-state index contributed by atoms with van der Waals surface area (Å²) in [4.78, 5) is 26.2. The lowest BCUT2D eigenvalue weighted by Crippen LogP contribution is -2.35. The number of hydrogen-bond acceptors (Lipinski definition) is 4. The van der Waals surface area contributed by atoms with E-state index in [1.165, 1.54) is 4.90 Å². The van der Waals surface area contributed by atoms with E-state index in [4.69, 9.17) is 9.47 Å². The van der Waals surface area contributed by atoms with Crippen LogP contribution >= 0.6 is 0 Å². The number of nitrogens with zero attached hydrogens (tertiary/aromatic N) is 1. The monoisotopic (exact) mass is 340 g/mol. The average Bonchev–Trinajstić information content (AvgIpc) is 3.05. The summed E-state index contributed by atoms with van der Waals surface area (Å²) in [6, 6.07) is 10.8. The minimum Gasteiger partial charge on any atom is -0.454 e. The quantitative estimate of drug-likeness (QED) is 0.929. The maximum Gasteiger partial charge on any atom is 0.254 e. The Morgan fingerprint density at radius 2 is 1.76 bits per heavy atom. The molecule has 2 aromatic carbocycles. The predicted octanol–water partition coefficient (Wildman–Crippen LogP) is 2.74. The number of fused-ring (bicyclic) bond motifs is 1. The van der Waals surface area contributed by atoms with Gasteiger partial charge in [0.1, 0.15) is 0 Å². The first-order valence-corrected chi connectivity index (χ1v) is 7.97. The van der Waals surface area contributed by atoms with Crippen molar-refractivity contribution in [1.29, 1.82) is 0 Å². The standard InChI is InChI=1S/C19H20N2O4/c1-12-5-4-6-13(2)18(12)20-17(22)10-21(3)19(23)14-7-8-15-16(9-14)25-11-24-15/h4-9H,10-11H2,1-3H3,(H,20,22). The number of benzene rings is 2. The van der Waals surface area contributed by atoms with Gasteiger partial charge in [-0.3, -0.25) is 9.59 Å². The topological polar surface area (TPSA) is 67.9 Å². The van der Waals surface area contributed by atoms with Gasteiger partial charge in [-0.25, -0.2) is 0 Å². The molecule has 0 aromatic heterocycles. The van der Waals surface area contributed by atoms with Gasteiger partial charge < -0.3 is 19.7 Å². The maximum atomic E-state index is 12.5. The van der Waals surface area contributed by atoms with Crippen molar-refractivity contribution in [3.8, 4) is 11.5 Å². The minimum atomic E-state index is -0.255. The number of hydrogen-bond donors (Lipinski definition) is 1. The Morgan fingerprint density at radius 1 is 1.08 bits per heavy atom. The van der Waals surface area contributed by atoms with Crippen molar-refractivity contribution < 1.29 is 19.1 Å². The van der Waals surface area contributed by atoms with E-state index in [2.05, 4.69) is 5.32 Å². The highest BCUT2D eigenvalue weighted by Gasteiger charge is 2.20. The number of amides is 2. The van der Waals surface area contributed by atoms with Gasteiger partial charge in [-0.2, -0.15) is 0 Å². The molecule has 0 bridgehead atoms. The Kier molecular flexibility index (Phi) is 4.61. The fourth-order valence-corrected chi connectivity index (χ4v) is 2.73. The summed E-state index contributed by atoms with van der Waals surface area (Å²) in [5, 5.41) is 2.88. The zero-order valence-electron chi connectivity index (χ0n) is 14.5. The van der Waals surface area contributed by atoms with E-state index in [9.17, 15) is 9.59 Å². The number of para-hydroxylation sites is 1. The molecule has 1 aliphatic rings. The molecule has 2 amide bonds. The van der Waals surface area contributed by atoms with Gasteiger partial charge >= 0.3 is 0 Å². The lowest BCUT2D eigenvalue weighted by Gasteiger charge is -2.18. The number of rotatable bonds is 4. The highest BCUT2D eigenvalue weighted by molar-refractivity contribution is 6.00. The molecule has 0 atom stereocenters. The predicted molar refractivity (Wildman–Crippen MR) is 94.1 cm³/mol. The normalized spacial score (nSPS) is 12.0. The van der Waals surface area contributed by atoms with Crippen LogP contribution in [0.3, 0.4) is 0 Å². The lowest BCUT2D eigenvalue weighted by molar-refractivity contribution is -0.116. The van der Waals surface area contributed by atoms with E-state index in [-0.39, 0.29) is 25.2 Å². The molecule has 25 heavy (non-hydrogen) atoms. The van der Waals surface area contributed by atoms with E-state index in [0.717, 1.165) is 16.8 Å². The molecule has 0 unspecified atom stereocenters. The van der Waals surface area contributed by atoms with Crippen molar-refractivity contribution in [3.05, 3.63) is 53.1 Å². The lowest BCUT2D eigenvalue weighted by atomic mass is 10.1. The number of carbonyl (C=O) groups excluding carboxylic acids is 2. The highest BCUT2D eigenvalue weighted by atomic mass is 16.7. The summed E-state index contributed by atoms with van der Waals surface area (Å²) in [7, 11) is 1.59. The van der Waals surface area contributed by atoms with Crippen LogP contribution in [0, 0.1) is 13.8 Å². The Balaban J connectivity index is 1.66. The second-order valence-corrected chi connectivity index (χ2v) is 6.04. The van der Waals surface area contributed by atoms with Crippen molar-refractivity contribution in [3.63, 3.8) is 0 Å². The third-order valence-corrected chi connectivity index (χ3v) is 4.09. The summed E-state index contributed by atoms with van der Waals surface area (Å²) < 4.78 is 10.5. The molecule has 1 heterocycles. The fraction of sp³-hybridized carbons (Fsp3) is 0.263. The molecule has 130 valence electrons. The zero-order valence-corrected chi connectivity index (χ0v) is 14.5. The van der Waals surface area contributed by atoms with Gasteiger partial charge in [-0.1, -0.05) is 18.2 Å². The Morgan fingerprint density at radius 3 is 2.48 bits per heavy atom. The van der Waals surface area contributed by atoms with Gasteiger partial charge in [0, 0.05) is 18.3 Å². The van der Waals surface area contributed by atoms with Gasteiger partial charge in [0.15, 0.2) is 11.5 Å². The summed E-state index contributed by atoms with van der Waals surface area (Å²) >= 11 is 0. The van der Waals surface area contributed by atoms with Crippen LogP contribution in [-0.2, 0) is 4.79 Å². The van der Waals surface area contributed by atoms with Crippen molar-refractivity contribution >= 4 is 17.5 Å². The summed E-state index contributed by atoms with van der Waals surface area (Å²) in [6.45, 7) is 3.98. The van der Waals surface area contributed by atoms with Crippen LogP contribution in [0.1, 0.15) is 21.5 Å². The third-order valence-electron chi connectivity index (χ3n) is 4.09. The smallest absolute Gasteiger partial charge is 0.254 e. The summed E-state index contributed by atoms with van der Waals surface area (Å²) in [5.74, 6) is 0.662. The molecule has 6 heteroatoms. The Bertz CT molecular complexity index is 812. The van der Waals surface area contributed by atoms with Gasteiger partial charge in [0.25, 0.3) is 5.91 Å². The molecular weight excluding hydrogens is 320 g/mol. The van der Waals surface area contributed by atoms with E-state index < -0.39 is 0 Å². The second-order valence-electron chi connectivity index (χ2n) is 6.04. The summed E-state index contributed by atoms with van der Waals surface area (Å²) in [5.41, 5.74) is 3.21. The van der Waals surface area contributed by atoms with Crippen LogP contribution in [0.15, 0.2) is 36.4 Å².